The fourth-order valence-corrected chi connectivity index (χ4v) is 7.88. The number of rotatable bonds is 10. The highest BCUT2D eigenvalue weighted by atomic mass is 32.3. The van der Waals surface area contributed by atoms with E-state index < -0.39 is 44.0 Å². The highest BCUT2D eigenvalue weighted by Gasteiger charge is 2.45. The van der Waals surface area contributed by atoms with Crippen LogP contribution in [0.1, 0.15) is 24.2 Å². The zero-order chi connectivity index (χ0) is 28.3. The first kappa shape index (κ1) is 28.4. The van der Waals surface area contributed by atoms with Gasteiger partial charge in [0, 0.05) is 12.1 Å². The lowest BCUT2D eigenvalue weighted by atomic mass is 9.85. The molecule has 0 aliphatic carbocycles. The van der Waals surface area contributed by atoms with Crippen molar-refractivity contribution in [3.8, 4) is 11.1 Å². The molecule has 9 heteroatoms. The minimum absolute atomic E-state index is 0.138. The molecule has 4 aromatic rings. The average molecular weight is 566 g/mol. The Morgan fingerprint density at radius 3 is 1.46 bits per heavy atom. The molecular weight excluding hydrogens is 537 g/mol. The molecule has 0 fully saturated rings. The number of benzene rings is 4. The van der Waals surface area contributed by atoms with Crippen molar-refractivity contribution in [1.82, 2.24) is 3.71 Å². The molecule has 4 aromatic carbocycles. The van der Waals surface area contributed by atoms with Crippen LogP contribution in [0, 0.1) is 5.92 Å². The standard InChI is InChI=1S/C30H28FNO5S2/c1-30(2,31)28(29(33)25-20-18-24(19-21-25)23-12-6-3-7-13-23)22-32(38(34,35)26-14-8-4-9-15-26)39(36,37)27-16-10-5-11-17-27/h3-21,28H,22H2,1-2H3. The van der Waals surface area contributed by atoms with Crippen LogP contribution in [-0.4, -0.2) is 38.5 Å². The summed E-state index contributed by atoms with van der Waals surface area (Å²) in [5.74, 6) is -2.34. The minimum atomic E-state index is -4.69. The second-order valence-electron chi connectivity index (χ2n) is 9.52. The number of Topliss-reactive ketones (excluding diaryl/α,β-unsaturated/α-hetero) is 1. The first-order valence-corrected chi connectivity index (χ1v) is 15.1. The Kier molecular flexibility index (Phi) is 8.15. The maximum Gasteiger partial charge on any atom is 0.256 e. The van der Waals surface area contributed by atoms with Gasteiger partial charge >= 0.3 is 0 Å². The molecule has 1 unspecified atom stereocenters. The molecule has 0 aliphatic heterocycles. The SMILES string of the molecule is CC(C)(F)C(CN(S(=O)(=O)c1ccccc1)S(=O)(=O)c1ccccc1)C(=O)c1ccc(-c2ccccc2)cc1. The van der Waals surface area contributed by atoms with Crippen molar-refractivity contribution in [2.24, 2.45) is 5.92 Å². The smallest absolute Gasteiger partial charge is 0.256 e. The maximum absolute atomic E-state index is 15.6. The van der Waals surface area contributed by atoms with Crippen LogP contribution in [0.5, 0.6) is 0 Å². The molecule has 0 saturated heterocycles. The second kappa shape index (κ2) is 11.2. The quantitative estimate of drug-likeness (QED) is 0.221. The van der Waals surface area contributed by atoms with Gasteiger partial charge < -0.3 is 0 Å². The van der Waals surface area contributed by atoms with Crippen LogP contribution in [0.2, 0.25) is 0 Å². The number of hydrogen-bond donors (Lipinski definition) is 0. The van der Waals surface area contributed by atoms with Crippen LogP contribution >= 0.6 is 0 Å². The van der Waals surface area contributed by atoms with Gasteiger partial charge in [0.2, 0.25) is 0 Å². The van der Waals surface area contributed by atoms with Gasteiger partial charge in [-0.15, -0.1) is 0 Å². The summed E-state index contributed by atoms with van der Waals surface area (Å²) in [6, 6.07) is 30.0. The van der Waals surface area contributed by atoms with E-state index in [-0.39, 0.29) is 19.1 Å². The molecule has 6 nitrogen and oxygen atoms in total. The van der Waals surface area contributed by atoms with Gasteiger partial charge in [0.05, 0.1) is 15.7 Å². The molecule has 0 N–H and O–H groups in total. The van der Waals surface area contributed by atoms with E-state index in [2.05, 4.69) is 0 Å². The van der Waals surface area contributed by atoms with Crippen molar-refractivity contribution in [2.45, 2.75) is 29.3 Å². The van der Waals surface area contributed by atoms with Gasteiger partial charge in [-0.2, -0.15) is 0 Å². The van der Waals surface area contributed by atoms with Crippen LogP contribution in [0.4, 0.5) is 4.39 Å². The molecule has 0 aliphatic rings. The van der Waals surface area contributed by atoms with Gasteiger partial charge in [-0.3, -0.25) is 4.79 Å². The predicted octanol–water partition coefficient (Wildman–Crippen LogP) is 5.98. The van der Waals surface area contributed by atoms with E-state index in [9.17, 15) is 21.6 Å². The third kappa shape index (κ3) is 6.16. The van der Waals surface area contributed by atoms with E-state index >= 15 is 4.39 Å². The van der Waals surface area contributed by atoms with Crippen LogP contribution in [-0.2, 0) is 20.0 Å². The summed E-state index contributed by atoms with van der Waals surface area (Å²) >= 11 is 0. The van der Waals surface area contributed by atoms with Gasteiger partial charge in [-0.25, -0.2) is 21.2 Å². The molecule has 0 radical (unpaired) electrons. The number of alkyl halides is 1. The lowest BCUT2D eigenvalue weighted by Crippen LogP contribution is -2.47. The van der Waals surface area contributed by atoms with Crippen molar-refractivity contribution in [1.29, 1.82) is 0 Å². The molecule has 0 aromatic heterocycles. The molecular formula is C30H28FNO5S2. The molecule has 39 heavy (non-hydrogen) atoms. The summed E-state index contributed by atoms with van der Waals surface area (Å²) in [5.41, 5.74) is -0.359. The highest BCUT2D eigenvalue weighted by molar-refractivity contribution is 8.04. The Labute approximate surface area is 228 Å². The van der Waals surface area contributed by atoms with Crippen molar-refractivity contribution < 1.29 is 26.0 Å². The van der Waals surface area contributed by atoms with Gasteiger partial charge in [-0.05, 0) is 49.2 Å². The van der Waals surface area contributed by atoms with Crippen LogP contribution < -0.4 is 0 Å². The molecule has 1 atom stereocenters. The molecule has 4 rings (SSSR count). The summed E-state index contributed by atoms with van der Waals surface area (Å²) in [7, 11) is -9.39. The molecule has 0 heterocycles. The first-order valence-electron chi connectivity index (χ1n) is 12.2. The molecule has 0 saturated carbocycles. The van der Waals surface area contributed by atoms with E-state index in [1.54, 1.807) is 24.3 Å². The van der Waals surface area contributed by atoms with Crippen molar-refractivity contribution in [2.75, 3.05) is 6.54 Å². The topological polar surface area (TPSA) is 88.6 Å². The van der Waals surface area contributed by atoms with E-state index in [0.717, 1.165) is 25.0 Å². The number of carbonyl (C=O) groups excluding carboxylic acids is 1. The summed E-state index contributed by atoms with van der Waals surface area (Å²) in [6.07, 6.45) is 0. The third-order valence-electron chi connectivity index (χ3n) is 6.37. The molecule has 202 valence electrons. The Morgan fingerprint density at radius 1 is 0.667 bits per heavy atom. The summed E-state index contributed by atoms with van der Waals surface area (Å²) in [5, 5.41) is 0. The average Bonchev–Trinajstić information content (AvgIpc) is 2.93. The van der Waals surface area contributed by atoms with E-state index in [1.807, 2.05) is 30.3 Å². The monoisotopic (exact) mass is 565 g/mol. The Hall–Kier alpha value is -3.66. The van der Waals surface area contributed by atoms with Crippen molar-refractivity contribution in [3.05, 3.63) is 121 Å². The number of halogens is 1. The fraction of sp³-hybridized carbons (Fsp3) is 0.167. The number of hydrogen-bond acceptors (Lipinski definition) is 5. The third-order valence-corrected chi connectivity index (χ3v) is 10.7. The summed E-state index contributed by atoms with van der Waals surface area (Å²) in [4.78, 5) is 13.1. The highest BCUT2D eigenvalue weighted by Crippen LogP contribution is 2.32. The minimum Gasteiger partial charge on any atom is -0.294 e. The predicted molar refractivity (Wildman–Crippen MR) is 149 cm³/mol. The Bertz CT molecular complexity index is 1570. The molecule has 0 bridgehead atoms. The summed E-state index contributed by atoms with van der Waals surface area (Å²) < 4.78 is 70.6. The Balaban J connectivity index is 1.77. The zero-order valence-corrected chi connectivity index (χ0v) is 23.1. The zero-order valence-electron chi connectivity index (χ0n) is 21.4. The van der Waals surface area contributed by atoms with Gasteiger partial charge in [0.15, 0.2) is 5.78 Å². The van der Waals surface area contributed by atoms with Crippen LogP contribution in [0.15, 0.2) is 125 Å². The van der Waals surface area contributed by atoms with E-state index in [1.165, 1.54) is 60.7 Å². The molecule has 0 spiro atoms. The summed E-state index contributed by atoms with van der Waals surface area (Å²) in [6.45, 7) is 1.35. The van der Waals surface area contributed by atoms with E-state index in [4.69, 9.17) is 0 Å². The van der Waals surface area contributed by atoms with Gasteiger partial charge in [-0.1, -0.05) is 94.7 Å². The van der Waals surface area contributed by atoms with Crippen molar-refractivity contribution in [3.63, 3.8) is 0 Å². The van der Waals surface area contributed by atoms with Gasteiger partial charge in [0.1, 0.15) is 5.67 Å². The number of sulfonamides is 2. The normalized spacial score (nSPS) is 13.2. The van der Waals surface area contributed by atoms with Crippen LogP contribution in [0.3, 0.4) is 0 Å². The first-order chi connectivity index (χ1) is 18.4. The number of ketones is 1. The van der Waals surface area contributed by atoms with Crippen molar-refractivity contribution >= 4 is 25.8 Å². The Morgan fingerprint density at radius 2 is 1.05 bits per heavy atom. The fourth-order valence-electron chi connectivity index (χ4n) is 4.17. The van der Waals surface area contributed by atoms with Crippen LogP contribution in [0.25, 0.3) is 11.1 Å². The largest absolute Gasteiger partial charge is 0.294 e. The molecule has 0 amide bonds. The van der Waals surface area contributed by atoms with E-state index in [0.29, 0.717) is 0 Å². The number of nitrogens with zero attached hydrogens (tertiary/aromatic N) is 1. The maximum atomic E-state index is 15.6. The lowest BCUT2D eigenvalue weighted by Gasteiger charge is -2.31. The number of carbonyl (C=O) groups is 1. The second-order valence-corrected chi connectivity index (χ2v) is 13.5. The van der Waals surface area contributed by atoms with Gasteiger partial charge in [0.25, 0.3) is 20.0 Å². The lowest BCUT2D eigenvalue weighted by molar-refractivity contribution is 0.0681.